The molecule has 2 aliphatic heterocycles. The topological polar surface area (TPSA) is 228 Å². The molecule has 12 atom stereocenters. The van der Waals surface area contributed by atoms with Crippen molar-refractivity contribution in [3.05, 3.63) is 60.8 Å². The summed E-state index contributed by atoms with van der Waals surface area (Å²) in [6.07, 6.45) is 41.1. The summed E-state index contributed by atoms with van der Waals surface area (Å²) in [7, 11) is 0. The van der Waals surface area contributed by atoms with Crippen LogP contribution in [0, 0.1) is 0 Å². The Bertz CT molecular complexity index is 1470. The molecule has 2 heterocycles. The average Bonchev–Trinajstić information content (AvgIpc) is 3.40. The number of carbonyl (C=O) groups excluding carboxylic acids is 1. The molecule has 0 saturated carbocycles. The van der Waals surface area contributed by atoms with Gasteiger partial charge in [-0.15, -0.1) is 0 Å². The van der Waals surface area contributed by atoms with Crippen LogP contribution >= 0.6 is 0 Å². The van der Waals surface area contributed by atoms with Gasteiger partial charge in [-0.25, -0.2) is 0 Å². The number of carbonyl (C=O) groups is 1. The van der Waals surface area contributed by atoms with Gasteiger partial charge in [0.1, 0.15) is 48.8 Å². The third-order valence-electron chi connectivity index (χ3n) is 14.2. The number of nitrogens with one attached hydrogen (secondary N) is 1. The normalized spacial score (nSPS) is 25.6. The number of hydrogen-bond acceptors (Lipinski definition) is 13. The summed E-state index contributed by atoms with van der Waals surface area (Å²) in [5, 5.41) is 87.0. The van der Waals surface area contributed by atoms with Gasteiger partial charge in [0.05, 0.1) is 32.0 Å². The highest BCUT2D eigenvalue weighted by Crippen LogP contribution is 2.30. The van der Waals surface area contributed by atoms with E-state index in [1.165, 1.54) is 135 Å². The molecule has 2 aliphatic rings. The number of ether oxygens (including phenoxy) is 4. The van der Waals surface area contributed by atoms with Gasteiger partial charge in [-0.3, -0.25) is 4.79 Å². The largest absolute Gasteiger partial charge is 0.394 e. The second-order valence-electron chi connectivity index (χ2n) is 20.7. The lowest BCUT2D eigenvalue weighted by Crippen LogP contribution is -2.65. The molecule has 0 bridgehead atoms. The maximum absolute atomic E-state index is 13.2. The molecule has 2 saturated heterocycles. The van der Waals surface area contributed by atoms with Gasteiger partial charge in [0, 0.05) is 6.42 Å². The molecule has 0 aromatic rings. The third-order valence-corrected chi connectivity index (χ3v) is 14.2. The van der Waals surface area contributed by atoms with Gasteiger partial charge in [-0.2, -0.15) is 0 Å². The van der Waals surface area contributed by atoms with Gasteiger partial charge in [-0.05, 0) is 77.0 Å². The number of aliphatic hydroxyl groups is 8. The molecule has 14 heteroatoms. The van der Waals surface area contributed by atoms with Crippen LogP contribution in [-0.2, 0) is 23.7 Å². The van der Waals surface area contributed by atoms with Crippen molar-refractivity contribution in [2.45, 2.75) is 293 Å². The first-order chi connectivity index (χ1) is 36.1. The lowest BCUT2D eigenvalue weighted by atomic mass is 9.97. The second kappa shape index (κ2) is 45.7. The zero-order valence-corrected chi connectivity index (χ0v) is 46.1. The van der Waals surface area contributed by atoms with Crippen LogP contribution in [0.3, 0.4) is 0 Å². The van der Waals surface area contributed by atoms with E-state index in [-0.39, 0.29) is 18.9 Å². The number of hydrogen-bond donors (Lipinski definition) is 9. The van der Waals surface area contributed by atoms with Gasteiger partial charge >= 0.3 is 0 Å². The summed E-state index contributed by atoms with van der Waals surface area (Å²) in [6, 6.07) is -0.941. The van der Waals surface area contributed by atoms with Crippen molar-refractivity contribution in [3.8, 4) is 0 Å². The smallest absolute Gasteiger partial charge is 0.220 e. The molecule has 12 unspecified atom stereocenters. The number of amides is 1. The molecule has 1 amide bonds. The Morgan fingerprint density at radius 1 is 0.486 bits per heavy atom. The zero-order chi connectivity index (χ0) is 53.9. The van der Waals surface area contributed by atoms with Gasteiger partial charge in [0.25, 0.3) is 0 Å². The molecule has 2 rings (SSSR count). The molecule has 0 spiro atoms. The van der Waals surface area contributed by atoms with E-state index in [4.69, 9.17) is 18.9 Å². The lowest BCUT2D eigenvalue weighted by molar-refractivity contribution is -0.359. The monoisotopic (exact) mass is 1050 g/mol. The van der Waals surface area contributed by atoms with Crippen molar-refractivity contribution in [3.63, 3.8) is 0 Å². The zero-order valence-electron chi connectivity index (χ0n) is 46.1. The molecule has 0 aromatic heterocycles. The Labute approximate surface area is 447 Å². The number of rotatable bonds is 46. The minimum atomic E-state index is -1.79. The summed E-state index contributed by atoms with van der Waals surface area (Å²) in [5.74, 6) is -0.257. The van der Waals surface area contributed by atoms with Crippen molar-refractivity contribution in [2.75, 3.05) is 19.8 Å². The Morgan fingerprint density at radius 3 is 1.41 bits per heavy atom. The van der Waals surface area contributed by atoms with E-state index in [1.54, 1.807) is 6.08 Å². The summed E-state index contributed by atoms with van der Waals surface area (Å²) in [6.45, 7) is 2.75. The summed E-state index contributed by atoms with van der Waals surface area (Å²) in [4.78, 5) is 13.2. The first-order valence-corrected chi connectivity index (χ1v) is 29.5. The molecule has 2 fully saturated rings. The molecule has 14 nitrogen and oxygen atoms in total. The Morgan fingerprint density at radius 2 is 0.905 bits per heavy atom. The van der Waals surface area contributed by atoms with Crippen molar-refractivity contribution in [1.82, 2.24) is 5.32 Å². The standard InChI is InChI=1S/C60H107NO13/c1-3-5-7-9-11-13-15-17-19-21-22-23-24-25-26-28-30-32-34-36-38-40-42-44-52(65)61-48(49(64)43-41-39-37-35-33-31-29-27-20-18-16-14-12-10-8-6-4-2)47-71-59-57(70)55(68)58(51(46-63)73-59)74-60-56(69)54(67)53(66)50(45-62)72-60/h15,17,20-22,27,33,35,41,43,48-51,53-60,62-64,66-70H,3-14,16,18-19,23-26,28-32,34,36-40,42,44-47H2,1-2H3,(H,61,65)/b17-15-,22-21-,27-20+,35-33+,43-41+. The van der Waals surface area contributed by atoms with E-state index in [9.17, 15) is 45.6 Å². The van der Waals surface area contributed by atoms with Crippen molar-refractivity contribution < 1.29 is 64.6 Å². The van der Waals surface area contributed by atoms with Gasteiger partial charge < -0.3 is 65.1 Å². The highest BCUT2D eigenvalue weighted by Gasteiger charge is 2.51. The van der Waals surface area contributed by atoms with Crippen molar-refractivity contribution in [1.29, 1.82) is 0 Å². The Hall–Kier alpha value is -2.31. The maximum atomic E-state index is 13.2. The second-order valence-corrected chi connectivity index (χ2v) is 20.7. The average molecular weight is 1050 g/mol. The number of allylic oxidation sites excluding steroid dienone is 9. The van der Waals surface area contributed by atoms with Crippen LogP contribution in [0.25, 0.3) is 0 Å². The van der Waals surface area contributed by atoms with Crippen LogP contribution in [0.4, 0.5) is 0 Å². The molecular weight excluding hydrogens is 943 g/mol. The Balaban J connectivity index is 1.79. The SMILES string of the molecule is CCCCCCC/C=C\C/C=C\CCCCCCCCCCCCCC(=O)NC(COC1OC(CO)C(OC2OC(CO)C(O)C(O)C2O)C(O)C1O)C(O)/C=C/CC/C=C/CC/C=C/CCCCCCCCC. The molecule has 74 heavy (non-hydrogen) atoms. The molecule has 0 radical (unpaired) electrons. The van der Waals surface area contributed by atoms with Gasteiger partial charge in [-0.1, -0.05) is 197 Å². The van der Waals surface area contributed by atoms with Crippen molar-refractivity contribution in [2.24, 2.45) is 0 Å². The van der Waals surface area contributed by atoms with Gasteiger partial charge in [0.15, 0.2) is 12.6 Å². The van der Waals surface area contributed by atoms with Crippen LogP contribution in [0.2, 0.25) is 0 Å². The summed E-state index contributed by atoms with van der Waals surface area (Å²) in [5.41, 5.74) is 0. The predicted molar refractivity (Wildman–Crippen MR) is 295 cm³/mol. The molecule has 0 aromatic carbocycles. The number of unbranched alkanes of at least 4 members (excludes halogenated alkanes) is 25. The first kappa shape index (κ1) is 67.8. The van der Waals surface area contributed by atoms with E-state index in [0.29, 0.717) is 12.8 Å². The molecular formula is C60H107NO13. The Kier molecular flexibility index (Phi) is 41.9. The number of aliphatic hydroxyl groups excluding tert-OH is 8. The van der Waals surface area contributed by atoms with Crippen LogP contribution in [0.5, 0.6) is 0 Å². The first-order valence-electron chi connectivity index (χ1n) is 29.5. The van der Waals surface area contributed by atoms with Gasteiger partial charge in [0.2, 0.25) is 5.91 Å². The summed E-state index contributed by atoms with van der Waals surface area (Å²) < 4.78 is 22.7. The highest BCUT2D eigenvalue weighted by molar-refractivity contribution is 5.76. The fourth-order valence-electron chi connectivity index (χ4n) is 9.35. The third kappa shape index (κ3) is 31.2. The van der Waals surface area contributed by atoms with Crippen LogP contribution in [0.15, 0.2) is 60.8 Å². The van der Waals surface area contributed by atoms with E-state index >= 15 is 0 Å². The quantitative estimate of drug-likeness (QED) is 0.0205. The van der Waals surface area contributed by atoms with E-state index in [1.807, 2.05) is 6.08 Å². The highest BCUT2D eigenvalue weighted by atomic mass is 16.7. The fraction of sp³-hybridized carbons (Fsp3) is 0.817. The maximum Gasteiger partial charge on any atom is 0.220 e. The van der Waals surface area contributed by atoms with Crippen LogP contribution < -0.4 is 5.32 Å². The van der Waals surface area contributed by atoms with E-state index < -0.39 is 86.8 Å². The van der Waals surface area contributed by atoms with E-state index in [2.05, 4.69) is 67.8 Å². The van der Waals surface area contributed by atoms with Crippen LogP contribution in [-0.4, -0.2) is 140 Å². The predicted octanol–water partition coefficient (Wildman–Crippen LogP) is 9.78. The molecule has 0 aliphatic carbocycles. The van der Waals surface area contributed by atoms with E-state index in [0.717, 1.165) is 51.4 Å². The minimum absolute atomic E-state index is 0.257. The minimum Gasteiger partial charge on any atom is -0.394 e. The van der Waals surface area contributed by atoms with Crippen molar-refractivity contribution >= 4 is 5.91 Å². The molecule has 9 N–H and O–H groups in total. The lowest BCUT2D eigenvalue weighted by Gasteiger charge is -2.46. The van der Waals surface area contributed by atoms with Crippen LogP contribution in [0.1, 0.15) is 219 Å². The fourth-order valence-corrected chi connectivity index (χ4v) is 9.35. The summed E-state index contributed by atoms with van der Waals surface area (Å²) >= 11 is 0. The molecule has 430 valence electrons.